The molecule has 3 rings (SSSR count). The van der Waals surface area contributed by atoms with Crippen LogP contribution >= 0.6 is 0 Å². The van der Waals surface area contributed by atoms with Crippen LogP contribution in [0.25, 0.3) is 0 Å². The predicted octanol–water partition coefficient (Wildman–Crippen LogP) is 5.31. The van der Waals surface area contributed by atoms with Crippen LogP contribution in [0.3, 0.4) is 0 Å². The Morgan fingerprint density at radius 1 is 0.725 bits per heavy atom. The second-order valence-corrected chi connectivity index (χ2v) is 10.5. The standard InChI is InChI=1S/C32H47NO7/c1-2-3-4-5-6-7-8-9-10-11-12-21-38-26-17-13-24(14-18-26)22-33-25-15-19-27(20-16-25)39-32-31(37)30(36)29(35)28(23-34)40-32/h13-20,22,28-32,34-37H,2-12,21,23H2,1H3/t28-,29-,30+,31-,32+/m1/s1. The number of benzene rings is 2. The van der Waals surface area contributed by atoms with E-state index in [1.54, 1.807) is 30.5 Å². The zero-order valence-electron chi connectivity index (χ0n) is 23.7. The Balaban J connectivity index is 1.32. The molecule has 1 aliphatic rings. The highest BCUT2D eigenvalue weighted by molar-refractivity contribution is 5.82. The van der Waals surface area contributed by atoms with E-state index in [-0.39, 0.29) is 0 Å². The van der Waals surface area contributed by atoms with Crippen molar-refractivity contribution in [2.75, 3.05) is 13.2 Å². The van der Waals surface area contributed by atoms with Crippen LogP contribution in [0.1, 0.15) is 83.1 Å². The Kier molecular flexibility index (Phi) is 14.4. The summed E-state index contributed by atoms with van der Waals surface area (Å²) in [5.41, 5.74) is 1.65. The number of unbranched alkanes of at least 4 members (excludes halogenated alkanes) is 10. The lowest BCUT2D eigenvalue weighted by molar-refractivity contribution is -0.277. The van der Waals surface area contributed by atoms with Crippen LogP contribution in [-0.4, -0.2) is 70.6 Å². The molecule has 1 aliphatic heterocycles. The first kappa shape index (κ1) is 32.0. The van der Waals surface area contributed by atoms with Gasteiger partial charge in [0, 0.05) is 6.21 Å². The first-order valence-corrected chi connectivity index (χ1v) is 14.9. The molecule has 8 heteroatoms. The van der Waals surface area contributed by atoms with Crippen LogP contribution < -0.4 is 9.47 Å². The van der Waals surface area contributed by atoms with Gasteiger partial charge in [0.15, 0.2) is 0 Å². The van der Waals surface area contributed by atoms with Crippen LogP contribution in [0, 0.1) is 0 Å². The van der Waals surface area contributed by atoms with Crippen molar-refractivity contribution in [2.24, 2.45) is 4.99 Å². The van der Waals surface area contributed by atoms with Gasteiger partial charge in [-0.1, -0.05) is 71.1 Å². The van der Waals surface area contributed by atoms with Gasteiger partial charge in [-0.2, -0.15) is 0 Å². The summed E-state index contributed by atoms with van der Waals surface area (Å²) in [6.07, 6.45) is 9.67. The lowest BCUT2D eigenvalue weighted by atomic mass is 9.99. The monoisotopic (exact) mass is 557 g/mol. The lowest BCUT2D eigenvalue weighted by Gasteiger charge is -2.39. The summed E-state index contributed by atoms with van der Waals surface area (Å²) in [4.78, 5) is 4.48. The van der Waals surface area contributed by atoms with Crippen molar-refractivity contribution in [3.63, 3.8) is 0 Å². The lowest BCUT2D eigenvalue weighted by Crippen LogP contribution is -2.60. The van der Waals surface area contributed by atoms with E-state index >= 15 is 0 Å². The fourth-order valence-corrected chi connectivity index (χ4v) is 4.67. The van der Waals surface area contributed by atoms with E-state index in [0.717, 1.165) is 24.3 Å². The van der Waals surface area contributed by atoms with E-state index in [1.165, 1.54) is 64.2 Å². The molecule has 1 saturated heterocycles. The van der Waals surface area contributed by atoms with Gasteiger partial charge in [-0.3, -0.25) is 4.99 Å². The van der Waals surface area contributed by atoms with E-state index in [4.69, 9.17) is 14.2 Å². The Morgan fingerprint density at radius 2 is 1.30 bits per heavy atom. The van der Waals surface area contributed by atoms with Crippen molar-refractivity contribution in [2.45, 2.75) is 108 Å². The van der Waals surface area contributed by atoms with Crippen molar-refractivity contribution >= 4 is 11.9 Å². The highest BCUT2D eigenvalue weighted by atomic mass is 16.7. The number of aliphatic hydroxyl groups is 4. The largest absolute Gasteiger partial charge is 0.494 e. The van der Waals surface area contributed by atoms with E-state index in [2.05, 4.69) is 11.9 Å². The van der Waals surface area contributed by atoms with Crippen molar-refractivity contribution in [3.8, 4) is 11.5 Å². The molecule has 0 bridgehead atoms. The van der Waals surface area contributed by atoms with Crippen molar-refractivity contribution < 1.29 is 34.6 Å². The smallest absolute Gasteiger partial charge is 0.229 e. The molecule has 40 heavy (non-hydrogen) atoms. The number of aliphatic imine (C=N–C) groups is 1. The van der Waals surface area contributed by atoms with Gasteiger partial charge in [0.25, 0.3) is 0 Å². The fourth-order valence-electron chi connectivity index (χ4n) is 4.67. The average Bonchev–Trinajstić information content (AvgIpc) is 2.98. The summed E-state index contributed by atoms with van der Waals surface area (Å²) < 4.78 is 16.9. The van der Waals surface area contributed by atoms with Gasteiger partial charge in [0.1, 0.15) is 35.9 Å². The third-order valence-corrected chi connectivity index (χ3v) is 7.20. The van der Waals surface area contributed by atoms with E-state index in [9.17, 15) is 20.4 Å². The normalized spacial score (nSPS) is 23.0. The summed E-state index contributed by atoms with van der Waals surface area (Å²) >= 11 is 0. The number of aliphatic hydroxyl groups excluding tert-OH is 4. The molecule has 0 saturated carbocycles. The summed E-state index contributed by atoms with van der Waals surface area (Å²) in [7, 11) is 0. The molecular formula is C32H47NO7. The molecule has 0 aliphatic carbocycles. The van der Waals surface area contributed by atoms with E-state index < -0.39 is 37.3 Å². The van der Waals surface area contributed by atoms with Gasteiger partial charge >= 0.3 is 0 Å². The molecule has 8 nitrogen and oxygen atoms in total. The maximum Gasteiger partial charge on any atom is 0.229 e. The van der Waals surface area contributed by atoms with Crippen LogP contribution in [-0.2, 0) is 4.74 Å². The van der Waals surface area contributed by atoms with Crippen molar-refractivity contribution in [3.05, 3.63) is 54.1 Å². The molecule has 1 heterocycles. The molecule has 0 amide bonds. The van der Waals surface area contributed by atoms with Gasteiger partial charge in [-0.15, -0.1) is 0 Å². The topological polar surface area (TPSA) is 121 Å². The molecule has 0 radical (unpaired) electrons. The Labute approximate surface area is 238 Å². The van der Waals surface area contributed by atoms with Gasteiger partial charge in [0.05, 0.1) is 18.9 Å². The summed E-state index contributed by atoms with van der Waals surface area (Å²) in [6, 6.07) is 14.7. The quantitative estimate of drug-likeness (QED) is 0.145. The number of rotatable bonds is 18. The van der Waals surface area contributed by atoms with Crippen LogP contribution in [0.5, 0.6) is 11.5 Å². The average molecular weight is 558 g/mol. The minimum Gasteiger partial charge on any atom is -0.494 e. The van der Waals surface area contributed by atoms with Gasteiger partial charge in [-0.05, 0) is 60.5 Å². The van der Waals surface area contributed by atoms with Gasteiger partial charge in [0.2, 0.25) is 6.29 Å². The maximum absolute atomic E-state index is 10.1. The number of hydrogen-bond acceptors (Lipinski definition) is 8. The van der Waals surface area contributed by atoms with Crippen LogP contribution in [0.4, 0.5) is 5.69 Å². The molecular weight excluding hydrogens is 510 g/mol. The van der Waals surface area contributed by atoms with Crippen molar-refractivity contribution in [1.29, 1.82) is 0 Å². The first-order chi connectivity index (χ1) is 19.5. The minimum atomic E-state index is -1.49. The minimum absolute atomic E-state index is 0.391. The fraction of sp³-hybridized carbons (Fsp3) is 0.594. The Bertz CT molecular complexity index is 964. The third kappa shape index (κ3) is 10.8. The SMILES string of the molecule is CCCCCCCCCCCCCOc1ccc(C=Nc2ccc(O[C@H]3O[C@H](CO)[C@@H](O)[C@H](O)[C@H]3O)cc2)cc1. The van der Waals surface area contributed by atoms with Crippen LogP contribution in [0.15, 0.2) is 53.5 Å². The molecule has 1 fully saturated rings. The van der Waals surface area contributed by atoms with Crippen LogP contribution in [0.2, 0.25) is 0 Å². The molecule has 0 unspecified atom stereocenters. The molecule has 5 atom stereocenters. The Morgan fingerprint density at radius 3 is 1.90 bits per heavy atom. The third-order valence-electron chi connectivity index (χ3n) is 7.20. The van der Waals surface area contributed by atoms with E-state index in [1.807, 2.05) is 24.3 Å². The van der Waals surface area contributed by atoms with E-state index in [0.29, 0.717) is 11.4 Å². The highest BCUT2D eigenvalue weighted by Gasteiger charge is 2.44. The van der Waals surface area contributed by atoms with Crippen molar-refractivity contribution in [1.82, 2.24) is 0 Å². The zero-order chi connectivity index (χ0) is 28.6. The molecule has 2 aromatic rings. The molecule has 2 aromatic carbocycles. The number of ether oxygens (including phenoxy) is 3. The second-order valence-electron chi connectivity index (χ2n) is 10.5. The molecule has 0 spiro atoms. The number of hydrogen-bond donors (Lipinski definition) is 4. The molecule has 4 N–H and O–H groups in total. The Hall–Kier alpha value is -2.49. The predicted molar refractivity (Wildman–Crippen MR) is 156 cm³/mol. The maximum atomic E-state index is 10.1. The second kappa shape index (κ2) is 18.0. The van der Waals surface area contributed by atoms with Gasteiger partial charge < -0.3 is 34.6 Å². The molecule has 0 aromatic heterocycles. The summed E-state index contributed by atoms with van der Waals surface area (Å²) in [5.74, 6) is 1.25. The van der Waals surface area contributed by atoms with Gasteiger partial charge in [-0.25, -0.2) is 0 Å². The summed E-state index contributed by atoms with van der Waals surface area (Å²) in [5, 5.41) is 39.2. The highest BCUT2D eigenvalue weighted by Crippen LogP contribution is 2.26. The first-order valence-electron chi connectivity index (χ1n) is 14.9. The molecule has 222 valence electrons. The zero-order valence-corrected chi connectivity index (χ0v) is 23.7. The number of nitrogens with zero attached hydrogens (tertiary/aromatic N) is 1. The summed E-state index contributed by atoms with van der Waals surface area (Å²) in [6.45, 7) is 2.49.